The van der Waals surface area contributed by atoms with Crippen LogP contribution in [0.3, 0.4) is 0 Å². The van der Waals surface area contributed by atoms with E-state index < -0.39 is 0 Å². The van der Waals surface area contributed by atoms with Gasteiger partial charge in [0.25, 0.3) is 0 Å². The molecule has 98 valence electrons. The van der Waals surface area contributed by atoms with E-state index in [1.54, 1.807) is 0 Å². The molecule has 3 heteroatoms. The van der Waals surface area contributed by atoms with Gasteiger partial charge in [-0.1, -0.05) is 31.5 Å². The fourth-order valence-electron chi connectivity index (χ4n) is 2.48. The maximum absolute atomic E-state index is 12.5. The lowest BCUT2D eigenvalue weighted by Crippen LogP contribution is -2.37. The van der Waals surface area contributed by atoms with Gasteiger partial charge in [0.15, 0.2) is 5.78 Å². The highest BCUT2D eigenvalue weighted by Crippen LogP contribution is 2.20. The Bertz CT molecular complexity index is 417. The van der Waals surface area contributed by atoms with E-state index in [0.717, 1.165) is 18.4 Å². The monoisotopic (exact) mass is 247 g/mol. The number of hydrogen-bond donors (Lipinski definition) is 1. The van der Waals surface area contributed by atoms with Gasteiger partial charge in [-0.05, 0) is 25.1 Å². The smallest absolute Gasteiger partial charge is 0.169 e. The van der Waals surface area contributed by atoms with Gasteiger partial charge in [0.1, 0.15) is 0 Å². The van der Waals surface area contributed by atoms with E-state index in [2.05, 4.69) is 18.3 Å². The SMILES string of the molecule is CCCc1cccc(C(=O)C2COCC2NC)c1. The van der Waals surface area contributed by atoms with Crippen LogP contribution in [0.5, 0.6) is 0 Å². The van der Waals surface area contributed by atoms with E-state index in [-0.39, 0.29) is 17.7 Å². The third kappa shape index (κ3) is 2.79. The minimum Gasteiger partial charge on any atom is -0.379 e. The Morgan fingerprint density at radius 3 is 3.00 bits per heavy atom. The van der Waals surface area contributed by atoms with E-state index in [0.29, 0.717) is 13.2 Å². The zero-order chi connectivity index (χ0) is 13.0. The van der Waals surface area contributed by atoms with Crippen molar-refractivity contribution in [3.63, 3.8) is 0 Å². The van der Waals surface area contributed by atoms with Crippen LogP contribution in [0.2, 0.25) is 0 Å². The maximum Gasteiger partial charge on any atom is 0.169 e. The fourth-order valence-corrected chi connectivity index (χ4v) is 2.48. The molecule has 0 spiro atoms. The Kier molecular flexibility index (Phi) is 4.50. The molecule has 1 saturated heterocycles. The van der Waals surface area contributed by atoms with Gasteiger partial charge >= 0.3 is 0 Å². The summed E-state index contributed by atoms with van der Waals surface area (Å²) in [7, 11) is 1.88. The lowest BCUT2D eigenvalue weighted by atomic mass is 9.92. The molecule has 0 amide bonds. The number of rotatable bonds is 5. The molecule has 0 bridgehead atoms. The summed E-state index contributed by atoms with van der Waals surface area (Å²) in [5, 5.41) is 3.16. The standard InChI is InChI=1S/C15H21NO2/c1-3-5-11-6-4-7-12(8-11)15(17)13-9-18-10-14(13)16-2/h4,6-8,13-14,16H,3,5,9-10H2,1-2H3. The van der Waals surface area contributed by atoms with E-state index in [1.165, 1.54) is 5.56 Å². The van der Waals surface area contributed by atoms with Crippen molar-refractivity contribution >= 4 is 5.78 Å². The van der Waals surface area contributed by atoms with Crippen LogP contribution in [-0.2, 0) is 11.2 Å². The average Bonchev–Trinajstić information content (AvgIpc) is 2.87. The van der Waals surface area contributed by atoms with E-state index in [9.17, 15) is 4.79 Å². The summed E-state index contributed by atoms with van der Waals surface area (Å²) >= 11 is 0. The summed E-state index contributed by atoms with van der Waals surface area (Å²) in [5.74, 6) is 0.150. The molecule has 2 atom stereocenters. The molecule has 3 nitrogen and oxygen atoms in total. The molecular formula is C15H21NO2. The molecule has 1 N–H and O–H groups in total. The molecule has 1 aromatic carbocycles. The molecule has 1 fully saturated rings. The van der Waals surface area contributed by atoms with Gasteiger partial charge in [-0.15, -0.1) is 0 Å². The second kappa shape index (κ2) is 6.12. The number of Topliss-reactive ketones (excluding diaryl/α,β-unsaturated/α-hetero) is 1. The number of ether oxygens (including phenoxy) is 1. The molecule has 2 unspecified atom stereocenters. The van der Waals surface area contributed by atoms with Gasteiger partial charge < -0.3 is 10.1 Å². The summed E-state index contributed by atoms with van der Waals surface area (Å²) in [5.41, 5.74) is 2.06. The van der Waals surface area contributed by atoms with Crippen molar-refractivity contribution in [2.24, 2.45) is 5.92 Å². The van der Waals surface area contributed by atoms with Crippen LogP contribution in [0, 0.1) is 5.92 Å². The maximum atomic E-state index is 12.5. The van der Waals surface area contributed by atoms with Crippen molar-refractivity contribution in [3.8, 4) is 0 Å². The third-order valence-electron chi connectivity index (χ3n) is 3.54. The summed E-state index contributed by atoms with van der Waals surface area (Å²) < 4.78 is 5.40. The number of carbonyl (C=O) groups is 1. The first kappa shape index (κ1) is 13.2. The first-order valence-electron chi connectivity index (χ1n) is 6.64. The number of likely N-dealkylation sites (N-methyl/N-ethyl adjacent to an activating group) is 1. The predicted molar refractivity (Wildman–Crippen MR) is 71.9 cm³/mol. The van der Waals surface area contributed by atoms with E-state index >= 15 is 0 Å². The number of hydrogen-bond acceptors (Lipinski definition) is 3. The molecule has 1 aromatic rings. The summed E-state index contributed by atoms with van der Waals surface area (Å²) in [6.45, 7) is 3.31. The van der Waals surface area contributed by atoms with Gasteiger partial charge in [-0.2, -0.15) is 0 Å². The Balaban J connectivity index is 2.15. The molecule has 18 heavy (non-hydrogen) atoms. The van der Waals surface area contributed by atoms with Crippen LogP contribution >= 0.6 is 0 Å². The first-order chi connectivity index (χ1) is 8.76. The van der Waals surface area contributed by atoms with Crippen molar-refractivity contribution < 1.29 is 9.53 Å². The summed E-state index contributed by atoms with van der Waals surface area (Å²) in [6.07, 6.45) is 2.13. The molecular weight excluding hydrogens is 226 g/mol. The Hall–Kier alpha value is -1.19. The Morgan fingerprint density at radius 1 is 1.44 bits per heavy atom. The lowest BCUT2D eigenvalue weighted by Gasteiger charge is -2.15. The Morgan fingerprint density at radius 2 is 2.28 bits per heavy atom. The van der Waals surface area contributed by atoms with Crippen molar-refractivity contribution in [1.29, 1.82) is 0 Å². The third-order valence-corrected chi connectivity index (χ3v) is 3.54. The second-order valence-corrected chi connectivity index (χ2v) is 4.85. The summed E-state index contributed by atoms with van der Waals surface area (Å²) in [4.78, 5) is 12.5. The van der Waals surface area contributed by atoms with Crippen molar-refractivity contribution in [2.75, 3.05) is 20.3 Å². The van der Waals surface area contributed by atoms with Crippen LogP contribution in [-0.4, -0.2) is 32.1 Å². The normalized spacial score (nSPS) is 23.2. The molecule has 0 aromatic heterocycles. The van der Waals surface area contributed by atoms with Crippen molar-refractivity contribution in [1.82, 2.24) is 5.32 Å². The van der Waals surface area contributed by atoms with Crippen LogP contribution < -0.4 is 5.32 Å². The fraction of sp³-hybridized carbons (Fsp3) is 0.533. The number of nitrogens with one attached hydrogen (secondary N) is 1. The zero-order valence-electron chi connectivity index (χ0n) is 11.1. The lowest BCUT2D eigenvalue weighted by molar-refractivity contribution is 0.0892. The quantitative estimate of drug-likeness (QED) is 0.809. The number of ketones is 1. The molecule has 1 aliphatic rings. The van der Waals surface area contributed by atoms with Crippen LogP contribution in [0.1, 0.15) is 29.3 Å². The van der Waals surface area contributed by atoms with Gasteiger partial charge in [-0.25, -0.2) is 0 Å². The highest BCUT2D eigenvalue weighted by molar-refractivity contribution is 5.98. The highest BCUT2D eigenvalue weighted by Gasteiger charge is 2.33. The molecule has 0 radical (unpaired) electrons. The molecule has 0 aliphatic carbocycles. The predicted octanol–water partition coefficient (Wildman–Crippen LogP) is 2.06. The summed E-state index contributed by atoms with van der Waals surface area (Å²) in [6, 6.07) is 8.14. The average molecular weight is 247 g/mol. The molecule has 0 saturated carbocycles. The number of benzene rings is 1. The van der Waals surface area contributed by atoms with Gasteiger partial charge in [0.2, 0.25) is 0 Å². The van der Waals surface area contributed by atoms with Gasteiger partial charge in [0.05, 0.1) is 19.1 Å². The molecule has 1 heterocycles. The number of carbonyl (C=O) groups excluding carboxylic acids is 1. The van der Waals surface area contributed by atoms with Crippen LogP contribution in [0.15, 0.2) is 24.3 Å². The Labute approximate surface area is 109 Å². The highest BCUT2D eigenvalue weighted by atomic mass is 16.5. The molecule has 1 aliphatic heterocycles. The van der Waals surface area contributed by atoms with Gasteiger partial charge in [0, 0.05) is 11.6 Å². The van der Waals surface area contributed by atoms with Gasteiger partial charge in [-0.3, -0.25) is 4.79 Å². The topological polar surface area (TPSA) is 38.3 Å². The minimum atomic E-state index is -0.0492. The minimum absolute atomic E-state index is 0.0492. The second-order valence-electron chi connectivity index (χ2n) is 4.85. The number of aryl methyl sites for hydroxylation is 1. The van der Waals surface area contributed by atoms with Crippen molar-refractivity contribution in [3.05, 3.63) is 35.4 Å². The first-order valence-corrected chi connectivity index (χ1v) is 6.64. The van der Waals surface area contributed by atoms with E-state index in [4.69, 9.17) is 4.74 Å². The van der Waals surface area contributed by atoms with Crippen LogP contribution in [0.4, 0.5) is 0 Å². The van der Waals surface area contributed by atoms with Crippen molar-refractivity contribution in [2.45, 2.75) is 25.8 Å². The largest absolute Gasteiger partial charge is 0.379 e. The zero-order valence-corrected chi connectivity index (χ0v) is 11.1. The molecule has 2 rings (SSSR count). The van der Waals surface area contributed by atoms with E-state index in [1.807, 2.05) is 25.2 Å². The van der Waals surface area contributed by atoms with Crippen LogP contribution in [0.25, 0.3) is 0 Å².